The number of carbonyl (C=O) groups excluding carboxylic acids is 1. The highest BCUT2D eigenvalue weighted by atomic mass is 35.5. The molecular weight excluding hydrogens is 326 g/mol. The molecule has 0 saturated carbocycles. The highest BCUT2D eigenvalue weighted by Gasteiger charge is 2.09. The lowest BCUT2D eigenvalue weighted by Gasteiger charge is -2.14. The van der Waals surface area contributed by atoms with E-state index >= 15 is 0 Å². The Morgan fingerprint density at radius 3 is 2.30 bits per heavy atom. The van der Waals surface area contributed by atoms with Crippen molar-refractivity contribution in [1.82, 2.24) is 5.32 Å². The van der Waals surface area contributed by atoms with Gasteiger partial charge in [-0.25, -0.2) is 0 Å². The van der Waals surface area contributed by atoms with Crippen LogP contribution in [0.3, 0.4) is 0 Å². The Morgan fingerprint density at radius 2 is 1.70 bits per heavy atom. The summed E-state index contributed by atoms with van der Waals surface area (Å²) in [5.41, 5.74) is 3.62. The predicted octanol–water partition coefficient (Wildman–Crippen LogP) is 5.01. The summed E-state index contributed by atoms with van der Waals surface area (Å²) in [4.78, 5) is 12.0. The molecule has 2 nitrogen and oxygen atoms in total. The fourth-order valence-electron chi connectivity index (χ4n) is 2.25. The van der Waals surface area contributed by atoms with Gasteiger partial charge in [0.2, 0.25) is 5.91 Å². The van der Waals surface area contributed by atoms with Gasteiger partial charge in [-0.15, -0.1) is 11.8 Å². The van der Waals surface area contributed by atoms with Gasteiger partial charge in [-0.1, -0.05) is 54.9 Å². The highest BCUT2D eigenvalue weighted by molar-refractivity contribution is 7.99. The minimum atomic E-state index is 0.0320. The second-order valence-corrected chi connectivity index (χ2v) is 6.93. The number of rotatable bonds is 7. The van der Waals surface area contributed by atoms with E-state index < -0.39 is 0 Å². The van der Waals surface area contributed by atoms with E-state index in [2.05, 4.69) is 36.5 Å². The van der Waals surface area contributed by atoms with E-state index in [1.807, 2.05) is 31.2 Å². The quantitative estimate of drug-likeness (QED) is 0.762. The van der Waals surface area contributed by atoms with Gasteiger partial charge in [0.05, 0.1) is 11.8 Å². The van der Waals surface area contributed by atoms with Crippen LogP contribution >= 0.6 is 23.4 Å². The van der Waals surface area contributed by atoms with E-state index in [1.165, 1.54) is 11.1 Å². The monoisotopic (exact) mass is 347 g/mol. The van der Waals surface area contributed by atoms with E-state index in [-0.39, 0.29) is 11.9 Å². The Bertz CT molecular complexity index is 625. The molecule has 0 spiro atoms. The van der Waals surface area contributed by atoms with Gasteiger partial charge in [-0.2, -0.15) is 0 Å². The second-order valence-electron chi connectivity index (χ2n) is 5.50. The molecule has 2 aromatic rings. The van der Waals surface area contributed by atoms with Gasteiger partial charge in [-0.3, -0.25) is 4.79 Å². The summed E-state index contributed by atoms with van der Waals surface area (Å²) >= 11 is 7.47. The summed E-state index contributed by atoms with van der Waals surface area (Å²) in [5, 5.41) is 3.78. The van der Waals surface area contributed by atoms with Crippen molar-refractivity contribution in [3.05, 3.63) is 70.2 Å². The predicted molar refractivity (Wildman–Crippen MR) is 100.0 cm³/mol. The van der Waals surface area contributed by atoms with E-state index in [0.717, 1.165) is 22.8 Å². The summed E-state index contributed by atoms with van der Waals surface area (Å²) in [7, 11) is 0. The van der Waals surface area contributed by atoms with Crippen molar-refractivity contribution >= 4 is 29.3 Å². The van der Waals surface area contributed by atoms with Gasteiger partial charge in [0.25, 0.3) is 0 Å². The first-order valence-electron chi connectivity index (χ1n) is 7.79. The average Bonchev–Trinajstić information content (AvgIpc) is 2.56. The normalized spacial score (nSPS) is 12.0. The summed E-state index contributed by atoms with van der Waals surface area (Å²) in [6.45, 7) is 4.15. The van der Waals surface area contributed by atoms with Crippen LogP contribution in [0, 0.1) is 0 Å². The Labute approximate surface area is 147 Å². The average molecular weight is 348 g/mol. The minimum Gasteiger partial charge on any atom is -0.349 e. The molecule has 2 aromatic carbocycles. The van der Waals surface area contributed by atoms with Gasteiger partial charge in [0.15, 0.2) is 0 Å². The van der Waals surface area contributed by atoms with Crippen molar-refractivity contribution in [2.75, 3.05) is 5.75 Å². The number of hydrogen-bond acceptors (Lipinski definition) is 2. The van der Waals surface area contributed by atoms with Gasteiger partial charge >= 0.3 is 0 Å². The summed E-state index contributed by atoms with van der Waals surface area (Å²) in [6.07, 6.45) is 1.03. The maximum absolute atomic E-state index is 12.0. The Morgan fingerprint density at radius 1 is 1.09 bits per heavy atom. The molecule has 4 heteroatoms. The first kappa shape index (κ1) is 17.9. The molecule has 23 heavy (non-hydrogen) atoms. The van der Waals surface area contributed by atoms with E-state index in [9.17, 15) is 4.79 Å². The molecule has 1 amide bonds. The molecule has 1 unspecified atom stereocenters. The zero-order valence-electron chi connectivity index (χ0n) is 13.5. The Hall–Kier alpha value is -1.45. The van der Waals surface area contributed by atoms with Gasteiger partial charge in [-0.05, 0) is 42.2 Å². The second kappa shape index (κ2) is 8.99. The maximum Gasteiger partial charge on any atom is 0.230 e. The smallest absolute Gasteiger partial charge is 0.230 e. The molecule has 1 N–H and O–H groups in total. The molecule has 0 aliphatic rings. The number of carbonyl (C=O) groups is 1. The van der Waals surface area contributed by atoms with Gasteiger partial charge in [0, 0.05) is 10.8 Å². The van der Waals surface area contributed by atoms with Gasteiger partial charge < -0.3 is 5.32 Å². The number of hydrogen-bond donors (Lipinski definition) is 1. The van der Waals surface area contributed by atoms with Crippen LogP contribution in [0.25, 0.3) is 0 Å². The van der Waals surface area contributed by atoms with Crippen molar-refractivity contribution in [3.8, 4) is 0 Å². The third-order valence-corrected chi connectivity index (χ3v) is 4.94. The van der Waals surface area contributed by atoms with Crippen LogP contribution in [0.4, 0.5) is 0 Å². The zero-order valence-corrected chi connectivity index (χ0v) is 15.1. The van der Waals surface area contributed by atoms with Crippen LogP contribution in [0.5, 0.6) is 0 Å². The molecular formula is C19H22ClNOS. The summed E-state index contributed by atoms with van der Waals surface area (Å²) in [6, 6.07) is 16.2. The van der Waals surface area contributed by atoms with Crippen LogP contribution in [-0.4, -0.2) is 11.7 Å². The third-order valence-electron chi connectivity index (χ3n) is 3.68. The van der Waals surface area contributed by atoms with Crippen LogP contribution in [0.15, 0.2) is 48.5 Å². The van der Waals surface area contributed by atoms with Crippen LogP contribution in [-0.2, 0) is 17.0 Å². The topological polar surface area (TPSA) is 29.1 Å². The number of nitrogens with one attached hydrogen (secondary N) is 1. The molecule has 0 aromatic heterocycles. The molecule has 0 saturated heterocycles. The third kappa shape index (κ3) is 5.92. The molecule has 0 fully saturated rings. The molecule has 0 heterocycles. The van der Waals surface area contributed by atoms with Gasteiger partial charge in [0.1, 0.15) is 0 Å². The van der Waals surface area contributed by atoms with E-state index in [4.69, 9.17) is 11.6 Å². The van der Waals surface area contributed by atoms with Crippen molar-refractivity contribution in [2.45, 2.75) is 32.1 Å². The molecule has 0 radical (unpaired) electrons. The fourth-order valence-corrected chi connectivity index (χ4v) is 3.18. The molecule has 122 valence electrons. The van der Waals surface area contributed by atoms with Crippen molar-refractivity contribution in [3.63, 3.8) is 0 Å². The summed E-state index contributed by atoms with van der Waals surface area (Å²) in [5.74, 6) is 1.33. The lowest BCUT2D eigenvalue weighted by Crippen LogP contribution is -2.28. The van der Waals surface area contributed by atoms with E-state index in [1.54, 1.807) is 11.8 Å². The molecule has 0 bridgehead atoms. The van der Waals surface area contributed by atoms with Crippen LogP contribution in [0.1, 0.15) is 36.6 Å². The van der Waals surface area contributed by atoms with E-state index in [0.29, 0.717) is 5.75 Å². The van der Waals surface area contributed by atoms with Crippen molar-refractivity contribution in [1.29, 1.82) is 0 Å². The van der Waals surface area contributed by atoms with Crippen LogP contribution < -0.4 is 5.32 Å². The lowest BCUT2D eigenvalue weighted by atomic mass is 10.1. The molecule has 1 atom stereocenters. The zero-order chi connectivity index (χ0) is 16.7. The lowest BCUT2D eigenvalue weighted by molar-refractivity contribution is -0.119. The fraction of sp³-hybridized carbons (Fsp3) is 0.316. The maximum atomic E-state index is 12.0. The van der Waals surface area contributed by atoms with Crippen molar-refractivity contribution < 1.29 is 4.79 Å². The van der Waals surface area contributed by atoms with Crippen LogP contribution in [0.2, 0.25) is 5.02 Å². The highest BCUT2D eigenvalue weighted by Crippen LogP contribution is 2.17. The first-order valence-corrected chi connectivity index (χ1v) is 9.32. The standard InChI is InChI=1S/C19H22ClNOS/c1-3-15-4-8-17(9-5-15)14(2)21-19(22)13-23-12-16-6-10-18(20)11-7-16/h4-11,14H,3,12-13H2,1-2H3,(H,21,22). The van der Waals surface area contributed by atoms with Crippen molar-refractivity contribution in [2.24, 2.45) is 0 Å². The largest absolute Gasteiger partial charge is 0.349 e. The molecule has 0 aliphatic carbocycles. The minimum absolute atomic E-state index is 0.0320. The first-order chi connectivity index (χ1) is 11.1. The number of halogens is 1. The number of aryl methyl sites for hydroxylation is 1. The molecule has 2 rings (SSSR count). The summed E-state index contributed by atoms with van der Waals surface area (Å²) < 4.78 is 0. The number of thioether (sulfide) groups is 1. The Balaban J connectivity index is 1.76. The molecule has 0 aliphatic heterocycles. The SMILES string of the molecule is CCc1ccc(C(C)NC(=O)CSCc2ccc(Cl)cc2)cc1. The number of amides is 1. The Kier molecular flexibility index (Phi) is 7.00. The number of benzene rings is 2.